The van der Waals surface area contributed by atoms with Crippen molar-refractivity contribution in [1.82, 2.24) is 4.90 Å². The van der Waals surface area contributed by atoms with E-state index in [-0.39, 0.29) is 24.9 Å². The van der Waals surface area contributed by atoms with Crippen LogP contribution in [0.4, 0.5) is 0 Å². The molecule has 5 heteroatoms. The fourth-order valence-electron chi connectivity index (χ4n) is 4.25. The number of benzene rings is 2. The predicted octanol–water partition coefficient (Wildman–Crippen LogP) is 4.25. The van der Waals surface area contributed by atoms with E-state index in [4.69, 9.17) is 18.9 Å². The van der Waals surface area contributed by atoms with Crippen LogP contribution < -0.4 is 18.9 Å². The number of nitrogens with zero attached hydrogens (tertiary/aromatic N) is 1. The van der Waals surface area contributed by atoms with E-state index in [9.17, 15) is 0 Å². The largest absolute Gasteiger partial charge is 0.497 e. The molecule has 0 spiro atoms. The third-order valence-corrected chi connectivity index (χ3v) is 5.71. The number of rotatable bonds is 5. The van der Waals surface area contributed by atoms with Crippen molar-refractivity contribution < 1.29 is 18.9 Å². The van der Waals surface area contributed by atoms with Gasteiger partial charge in [-0.25, -0.2) is 0 Å². The Balaban J connectivity index is 1.81. The lowest BCUT2D eigenvalue weighted by Crippen LogP contribution is -2.48. The van der Waals surface area contributed by atoms with Crippen molar-refractivity contribution in [2.24, 2.45) is 5.92 Å². The van der Waals surface area contributed by atoms with Crippen molar-refractivity contribution in [2.45, 2.75) is 32.9 Å². The normalized spacial score (nSPS) is 23.1. The van der Waals surface area contributed by atoms with E-state index < -0.39 is 0 Å². The number of methoxy groups -OCH3 is 1. The standard InChI is InChI=1S/C22H27NO4/c1-5-23(6-2)22-14(3)21(15-7-9-16(24-4)10-8-15)17-11-19-20(26-13-25-19)12-18(17)27-22/h7-12,14,21-22H,5-6,13H2,1-4H3/t14-,21-,22-/m1/s1. The minimum atomic E-state index is 0.0139. The van der Waals surface area contributed by atoms with Gasteiger partial charge in [-0.3, -0.25) is 4.90 Å². The summed E-state index contributed by atoms with van der Waals surface area (Å²) in [5, 5.41) is 0. The summed E-state index contributed by atoms with van der Waals surface area (Å²) in [6, 6.07) is 12.4. The fraction of sp³-hybridized carbons (Fsp3) is 0.455. The van der Waals surface area contributed by atoms with E-state index in [0.29, 0.717) is 0 Å². The highest BCUT2D eigenvalue weighted by Gasteiger charge is 2.40. The Morgan fingerprint density at radius 3 is 2.30 bits per heavy atom. The minimum absolute atomic E-state index is 0.0139. The number of hydrogen-bond acceptors (Lipinski definition) is 5. The van der Waals surface area contributed by atoms with Crippen LogP contribution in [-0.4, -0.2) is 38.1 Å². The summed E-state index contributed by atoms with van der Waals surface area (Å²) >= 11 is 0. The van der Waals surface area contributed by atoms with Crippen molar-refractivity contribution in [2.75, 3.05) is 27.0 Å². The predicted molar refractivity (Wildman–Crippen MR) is 104 cm³/mol. The molecule has 2 aromatic carbocycles. The second kappa shape index (κ2) is 7.31. The molecule has 0 bridgehead atoms. The molecule has 3 atom stereocenters. The van der Waals surface area contributed by atoms with Crippen LogP contribution in [0.1, 0.15) is 37.8 Å². The van der Waals surface area contributed by atoms with Gasteiger partial charge in [0.05, 0.1) is 7.11 Å². The van der Waals surface area contributed by atoms with Gasteiger partial charge in [-0.2, -0.15) is 0 Å². The number of ether oxygens (including phenoxy) is 4. The van der Waals surface area contributed by atoms with Crippen LogP contribution in [-0.2, 0) is 0 Å². The molecule has 0 radical (unpaired) electrons. The summed E-state index contributed by atoms with van der Waals surface area (Å²) in [5.41, 5.74) is 2.41. The molecular weight excluding hydrogens is 342 g/mol. The Hall–Kier alpha value is -2.40. The van der Waals surface area contributed by atoms with E-state index in [1.165, 1.54) is 5.56 Å². The SMILES string of the molecule is CCN(CC)[C@@H]1Oc2cc3c(cc2[C@@H](c2ccc(OC)cc2)[C@H]1C)OCO3. The van der Waals surface area contributed by atoms with E-state index >= 15 is 0 Å². The summed E-state index contributed by atoms with van der Waals surface area (Å²) in [6.07, 6.45) is 0.0139. The molecule has 0 unspecified atom stereocenters. The molecule has 0 saturated carbocycles. The first kappa shape index (κ1) is 18.0. The van der Waals surface area contributed by atoms with E-state index in [1.54, 1.807) is 7.11 Å². The van der Waals surface area contributed by atoms with Gasteiger partial charge < -0.3 is 18.9 Å². The molecule has 144 valence electrons. The van der Waals surface area contributed by atoms with E-state index in [1.807, 2.05) is 18.2 Å². The molecule has 2 aliphatic heterocycles. The zero-order valence-electron chi connectivity index (χ0n) is 16.4. The average molecular weight is 369 g/mol. The minimum Gasteiger partial charge on any atom is -0.497 e. The van der Waals surface area contributed by atoms with Gasteiger partial charge in [0.1, 0.15) is 11.5 Å². The van der Waals surface area contributed by atoms with E-state index in [2.05, 4.69) is 43.9 Å². The monoisotopic (exact) mass is 369 g/mol. The van der Waals surface area contributed by atoms with Crippen LogP contribution in [0, 0.1) is 5.92 Å². The molecule has 2 aliphatic rings. The quantitative estimate of drug-likeness (QED) is 0.788. The third kappa shape index (κ3) is 3.10. The summed E-state index contributed by atoms with van der Waals surface area (Å²) in [5.74, 6) is 3.80. The van der Waals surface area contributed by atoms with Crippen molar-refractivity contribution in [3.8, 4) is 23.0 Å². The number of hydrogen-bond donors (Lipinski definition) is 0. The maximum Gasteiger partial charge on any atom is 0.231 e. The summed E-state index contributed by atoms with van der Waals surface area (Å²) in [6.45, 7) is 8.78. The molecule has 5 nitrogen and oxygen atoms in total. The van der Waals surface area contributed by atoms with Gasteiger partial charge in [0.25, 0.3) is 0 Å². The second-order valence-electron chi connectivity index (χ2n) is 7.08. The Kier molecular flexibility index (Phi) is 4.87. The van der Waals surface area contributed by atoms with Gasteiger partial charge in [-0.1, -0.05) is 32.9 Å². The Labute approximate surface area is 160 Å². The first-order valence-electron chi connectivity index (χ1n) is 9.64. The molecule has 0 saturated heterocycles. The Bertz CT molecular complexity index is 801. The summed E-state index contributed by atoms with van der Waals surface area (Å²) < 4.78 is 23.0. The highest BCUT2D eigenvalue weighted by atomic mass is 16.7. The highest BCUT2D eigenvalue weighted by molar-refractivity contribution is 5.56. The third-order valence-electron chi connectivity index (χ3n) is 5.71. The lowest BCUT2D eigenvalue weighted by Gasteiger charge is -2.43. The lowest BCUT2D eigenvalue weighted by molar-refractivity contribution is -0.0257. The topological polar surface area (TPSA) is 40.2 Å². The summed E-state index contributed by atoms with van der Waals surface area (Å²) in [4.78, 5) is 2.37. The van der Waals surface area contributed by atoms with Gasteiger partial charge in [0, 0.05) is 23.5 Å². The van der Waals surface area contributed by atoms with Crippen molar-refractivity contribution in [3.05, 3.63) is 47.5 Å². The van der Waals surface area contributed by atoms with Crippen molar-refractivity contribution in [3.63, 3.8) is 0 Å². The first-order chi connectivity index (χ1) is 13.2. The van der Waals surface area contributed by atoms with Crippen LogP contribution in [0.15, 0.2) is 36.4 Å². The molecule has 2 heterocycles. The molecule has 0 aromatic heterocycles. The molecule has 0 fully saturated rings. The van der Waals surface area contributed by atoms with Gasteiger partial charge in [-0.15, -0.1) is 0 Å². The van der Waals surface area contributed by atoms with Crippen LogP contribution in [0.2, 0.25) is 0 Å². The zero-order valence-corrected chi connectivity index (χ0v) is 16.4. The lowest BCUT2D eigenvalue weighted by atomic mass is 9.78. The van der Waals surface area contributed by atoms with Crippen LogP contribution in [0.5, 0.6) is 23.0 Å². The molecular formula is C22H27NO4. The highest BCUT2D eigenvalue weighted by Crippen LogP contribution is 2.49. The first-order valence-corrected chi connectivity index (χ1v) is 9.64. The van der Waals surface area contributed by atoms with Gasteiger partial charge in [0.2, 0.25) is 6.79 Å². The fourth-order valence-corrected chi connectivity index (χ4v) is 4.25. The van der Waals surface area contributed by atoms with Crippen molar-refractivity contribution >= 4 is 0 Å². The number of fused-ring (bicyclic) bond motifs is 2. The average Bonchev–Trinajstić information content (AvgIpc) is 3.15. The maximum absolute atomic E-state index is 6.48. The summed E-state index contributed by atoms with van der Waals surface area (Å²) in [7, 11) is 1.69. The second-order valence-corrected chi connectivity index (χ2v) is 7.08. The molecule has 0 amide bonds. The molecule has 0 aliphatic carbocycles. The molecule has 0 N–H and O–H groups in total. The smallest absolute Gasteiger partial charge is 0.231 e. The Morgan fingerprint density at radius 2 is 1.67 bits per heavy atom. The van der Waals surface area contributed by atoms with Gasteiger partial charge >= 0.3 is 0 Å². The van der Waals surface area contributed by atoms with Gasteiger partial charge in [-0.05, 0) is 36.9 Å². The maximum atomic E-state index is 6.48. The van der Waals surface area contributed by atoms with Crippen LogP contribution in [0.3, 0.4) is 0 Å². The zero-order chi connectivity index (χ0) is 19.0. The van der Waals surface area contributed by atoms with Gasteiger partial charge in [0.15, 0.2) is 17.7 Å². The molecule has 4 rings (SSSR count). The van der Waals surface area contributed by atoms with Crippen LogP contribution >= 0.6 is 0 Å². The molecule has 2 aromatic rings. The van der Waals surface area contributed by atoms with E-state index in [0.717, 1.165) is 41.7 Å². The Morgan fingerprint density at radius 1 is 1.00 bits per heavy atom. The van der Waals surface area contributed by atoms with Crippen molar-refractivity contribution in [1.29, 1.82) is 0 Å². The van der Waals surface area contributed by atoms with Crippen LogP contribution in [0.25, 0.3) is 0 Å². The molecule has 27 heavy (non-hydrogen) atoms.